The van der Waals surface area contributed by atoms with Crippen LogP contribution < -0.4 is 15.2 Å². The van der Waals surface area contributed by atoms with Crippen LogP contribution in [0.2, 0.25) is 0 Å². The smallest absolute Gasteiger partial charge is 0.225 e. The Labute approximate surface area is 158 Å². The highest BCUT2D eigenvalue weighted by atomic mass is 16.5. The summed E-state index contributed by atoms with van der Waals surface area (Å²) in [6.07, 6.45) is 4.09. The number of nitrogens with zero attached hydrogens (tertiary/aromatic N) is 3. The molecule has 1 aromatic carbocycles. The molecule has 6 nitrogen and oxygen atoms in total. The molecule has 0 aliphatic carbocycles. The van der Waals surface area contributed by atoms with Crippen LogP contribution in [0.15, 0.2) is 36.8 Å². The molecular weight excluding hydrogens is 340 g/mol. The predicted octanol–water partition coefficient (Wildman–Crippen LogP) is 3.52. The lowest BCUT2D eigenvalue weighted by molar-refractivity contribution is 0.242. The fourth-order valence-corrected chi connectivity index (χ4v) is 3.39. The molecule has 138 valence electrons. The Balaban J connectivity index is 1.78. The molecule has 2 aromatic heterocycles. The molecule has 0 amide bonds. The molecule has 1 aliphatic heterocycles. The number of hydrogen-bond acceptors (Lipinski definition) is 6. The predicted molar refractivity (Wildman–Crippen MR) is 103 cm³/mol. The molecule has 2 N–H and O–H groups in total. The first-order valence-electron chi connectivity index (χ1n) is 8.98. The fourth-order valence-electron chi connectivity index (χ4n) is 3.39. The van der Waals surface area contributed by atoms with Crippen molar-refractivity contribution in [3.05, 3.63) is 59.2 Å². The van der Waals surface area contributed by atoms with Crippen LogP contribution >= 0.6 is 0 Å². The number of pyridine rings is 1. The molecule has 0 bridgehead atoms. The van der Waals surface area contributed by atoms with Gasteiger partial charge in [-0.2, -0.15) is 0 Å². The van der Waals surface area contributed by atoms with Crippen molar-refractivity contribution >= 4 is 0 Å². The van der Waals surface area contributed by atoms with E-state index >= 15 is 0 Å². The summed E-state index contributed by atoms with van der Waals surface area (Å²) in [5, 5.41) is 0. The van der Waals surface area contributed by atoms with Crippen molar-refractivity contribution in [2.75, 3.05) is 6.54 Å². The molecule has 1 unspecified atom stereocenters. The van der Waals surface area contributed by atoms with Gasteiger partial charge in [0.25, 0.3) is 0 Å². The summed E-state index contributed by atoms with van der Waals surface area (Å²) in [7, 11) is 0. The van der Waals surface area contributed by atoms with Gasteiger partial charge in [0.15, 0.2) is 5.75 Å². The molecule has 1 atom stereocenters. The molecule has 0 spiro atoms. The van der Waals surface area contributed by atoms with Gasteiger partial charge in [-0.1, -0.05) is 6.07 Å². The minimum Gasteiger partial charge on any atom is -0.488 e. The van der Waals surface area contributed by atoms with Gasteiger partial charge in [0.1, 0.15) is 18.2 Å². The lowest BCUT2D eigenvalue weighted by Gasteiger charge is -2.15. The van der Waals surface area contributed by atoms with Crippen LogP contribution in [0, 0.1) is 20.8 Å². The Kier molecular flexibility index (Phi) is 4.49. The molecular formula is C21H22N4O2. The normalized spacial score (nSPS) is 15.3. The molecule has 0 saturated carbocycles. The van der Waals surface area contributed by atoms with Crippen molar-refractivity contribution in [2.45, 2.75) is 33.3 Å². The number of ether oxygens (including phenoxy) is 2. The van der Waals surface area contributed by atoms with Gasteiger partial charge < -0.3 is 15.2 Å². The van der Waals surface area contributed by atoms with Gasteiger partial charge in [-0.15, -0.1) is 0 Å². The zero-order chi connectivity index (χ0) is 19.0. The standard InChI is InChI=1S/C21H22N4O2/c1-12-7-15-9-16(10-22)26-20(15)17(8-12)19-13(2)21(25-11-24-19)27-18-5-4-6-23-14(18)3/h4-8,11,16H,9-10,22H2,1-3H3. The molecule has 0 fully saturated rings. The van der Waals surface area contributed by atoms with E-state index in [0.29, 0.717) is 18.2 Å². The monoisotopic (exact) mass is 362 g/mol. The Bertz CT molecular complexity index is 1000. The van der Waals surface area contributed by atoms with Gasteiger partial charge >= 0.3 is 0 Å². The van der Waals surface area contributed by atoms with E-state index in [1.807, 2.05) is 26.0 Å². The SMILES string of the molecule is Cc1cc2c(c(-c3ncnc(Oc4cccnc4C)c3C)c1)OC(CN)C2. The van der Waals surface area contributed by atoms with Crippen molar-refractivity contribution in [3.63, 3.8) is 0 Å². The van der Waals surface area contributed by atoms with Gasteiger partial charge in [0.2, 0.25) is 5.88 Å². The Morgan fingerprint density at radius 3 is 2.81 bits per heavy atom. The van der Waals surface area contributed by atoms with E-state index in [9.17, 15) is 0 Å². The average Bonchev–Trinajstić information content (AvgIpc) is 3.07. The summed E-state index contributed by atoms with van der Waals surface area (Å²) < 4.78 is 12.1. The van der Waals surface area contributed by atoms with E-state index in [4.69, 9.17) is 15.2 Å². The highest BCUT2D eigenvalue weighted by molar-refractivity contribution is 5.74. The number of nitrogens with two attached hydrogens (primary N) is 1. The first kappa shape index (κ1) is 17.4. The average molecular weight is 362 g/mol. The van der Waals surface area contributed by atoms with E-state index < -0.39 is 0 Å². The van der Waals surface area contributed by atoms with Crippen LogP contribution in [0.5, 0.6) is 17.4 Å². The zero-order valence-corrected chi connectivity index (χ0v) is 15.7. The summed E-state index contributed by atoms with van der Waals surface area (Å²) in [4.78, 5) is 13.1. The largest absolute Gasteiger partial charge is 0.488 e. The van der Waals surface area contributed by atoms with E-state index in [2.05, 4.69) is 34.0 Å². The summed E-state index contributed by atoms with van der Waals surface area (Å²) in [6.45, 7) is 6.43. The van der Waals surface area contributed by atoms with Crippen LogP contribution in [0.4, 0.5) is 0 Å². The van der Waals surface area contributed by atoms with E-state index in [-0.39, 0.29) is 6.10 Å². The molecule has 3 heterocycles. The number of aryl methyl sites for hydroxylation is 2. The Morgan fingerprint density at radius 2 is 2.04 bits per heavy atom. The second-order valence-electron chi connectivity index (χ2n) is 6.82. The number of hydrogen-bond donors (Lipinski definition) is 1. The first-order valence-corrected chi connectivity index (χ1v) is 8.98. The van der Waals surface area contributed by atoms with Crippen LogP contribution in [0.25, 0.3) is 11.3 Å². The van der Waals surface area contributed by atoms with Crippen LogP contribution in [-0.2, 0) is 6.42 Å². The number of aromatic nitrogens is 3. The highest BCUT2D eigenvalue weighted by Crippen LogP contribution is 2.41. The Hall–Kier alpha value is -2.99. The third-order valence-electron chi connectivity index (χ3n) is 4.76. The molecule has 3 aromatic rings. The maximum absolute atomic E-state index is 6.09. The minimum absolute atomic E-state index is 0.0106. The maximum Gasteiger partial charge on any atom is 0.225 e. The van der Waals surface area contributed by atoms with E-state index in [1.54, 1.807) is 6.20 Å². The molecule has 27 heavy (non-hydrogen) atoms. The minimum atomic E-state index is 0.0106. The van der Waals surface area contributed by atoms with Gasteiger partial charge in [-0.05, 0) is 50.1 Å². The molecule has 6 heteroatoms. The van der Waals surface area contributed by atoms with Crippen molar-refractivity contribution in [1.82, 2.24) is 15.0 Å². The topological polar surface area (TPSA) is 83.2 Å². The quantitative estimate of drug-likeness (QED) is 0.764. The summed E-state index contributed by atoms with van der Waals surface area (Å²) >= 11 is 0. The lowest BCUT2D eigenvalue weighted by atomic mass is 9.99. The number of benzene rings is 1. The molecule has 0 radical (unpaired) electrons. The van der Waals surface area contributed by atoms with Gasteiger partial charge in [0, 0.05) is 30.3 Å². The van der Waals surface area contributed by atoms with E-state index in [1.165, 1.54) is 11.9 Å². The summed E-state index contributed by atoms with van der Waals surface area (Å²) in [5.41, 5.74) is 11.6. The van der Waals surface area contributed by atoms with Gasteiger partial charge in [0.05, 0.1) is 11.4 Å². The first-order chi connectivity index (χ1) is 13.1. The van der Waals surface area contributed by atoms with Crippen LogP contribution in [0.1, 0.15) is 22.4 Å². The van der Waals surface area contributed by atoms with E-state index in [0.717, 1.165) is 40.2 Å². The van der Waals surface area contributed by atoms with Gasteiger partial charge in [-0.25, -0.2) is 9.97 Å². The zero-order valence-electron chi connectivity index (χ0n) is 15.7. The number of rotatable bonds is 4. The van der Waals surface area contributed by atoms with Crippen LogP contribution in [0.3, 0.4) is 0 Å². The van der Waals surface area contributed by atoms with Gasteiger partial charge in [-0.3, -0.25) is 4.98 Å². The summed E-state index contributed by atoms with van der Waals surface area (Å²) in [6, 6.07) is 7.96. The van der Waals surface area contributed by atoms with Crippen molar-refractivity contribution in [3.8, 4) is 28.6 Å². The number of fused-ring (bicyclic) bond motifs is 1. The second kappa shape index (κ2) is 6.96. The summed E-state index contributed by atoms with van der Waals surface area (Å²) in [5.74, 6) is 2.06. The lowest BCUT2D eigenvalue weighted by Crippen LogP contribution is -2.24. The third-order valence-corrected chi connectivity index (χ3v) is 4.76. The fraction of sp³-hybridized carbons (Fsp3) is 0.286. The highest BCUT2D eigenvalue weighted by Gasteiger charge is 2.27. The molecule has 1 aliphatic rings. The van der Waals surface area contributed by atoms with Crippen molar-refractivity contribution < 1.29 is 9.47 Å². The van der Waals surface area contributed by atoms with Crippen molar-refractivity contribution in [2.24, 2.45) is 5.73 Å². The molecule has 4 rings (SSSR count). The maximum atomic E-state index is 6.09. The second-order valence-corrected chi connectivity index (χ2v) is 6.82. The van der Waals surface area contributed by atoms with Crippen LogP contribution in [-0.4, -0.2) is 27.6 Å². The molecule has 0 saturated heterocycles. The third kappa shape index (κ3) is 3.24. The Morgan fingerprint density at radius 1 is 1.19 bits per heavy atom. The van der Waals surface area contributed by atoms with Crippen molar-refractivity contribution in [1.29, 1.82) is 0 Å².